The van der Waals surface area contributed by atoms with Crippen molar-refractivity contribution < 1.29 is 4.74 Å². The van der Waals surface area contributed by atoms with Crippen molar-refractivity contribution in [1.29, 1.82) is 0 Å². The fraction of sp³-hybridized carbons (Fsp3) is 1.00. The number of nitrogens with zero attached hydrogens (tertiary/aromatic N) is 1. The average Bonchev–Trinajstić information content (AvgIpc) is 2.19. The van der Waals surface area contributed by atoms with E-state index in [0.29, 0.717) is 12.0 Å². The Morgan fingerprint density at radius 2 is 2.08 bits per heavy atom. The zero-order valence-electron chi connectivity index (χ0n) is 8.83. The fourth-order valence-electron chi connectivity index (χ4n) is 1.84. The summed E-state index contributed by atoms with van der Waals surface area (Å²) < 4.78 is 5.33. The summed E-state index contributed by atoms with van der Waals surface area (Å²) in [6.45, 7) is 5.95. The van der Waals surface area contributed by atoms with Crippen molar-refractivity contribution >= 4 is 0 Å². The number of hydrogen-bond donors (Lipinski definition) is 1. The van der Waals surface area contributed by atoms with Gasteiger partial charge in [-0.1, -0.05) is 6.92 Å². The van der Waals surface area contributed by atoms with Gasteiger partial charge in [0.05, 0.1) is 0 Å². The molecule has 1 atom stereocenters. The number of rotatable bonds is 4. The van der Waals surface area contributed by atoms with Crippen LogP contribution in [0.15, 0.2) is 0 Å². The highest BCUT2D eigenvalue weighted by Gasteiger charge is 2.19. The van der Waals surface area contributed by atoms with Crippen molar-refractivity contribution in [3.05, 3.63) is 0 Å². The van der Waals surface area contributed by atoms with Crippen LogP contribution in [0.25, 0.3) is 0 Å². The summed E-state index contributed by atoms with van der Waals surface area (Å²) in [5.74, 6) is 0.604. The molecule has 78 valence electrons. The molecule has 0 bridgehead atoms. The second kappa shape index (κ2) is 5.58. The molecule has 13 heavy (non-hydrogen) atoms. The lowest BCUT2D eigenvalue weighted by Crippen LogP contribution is -2.40. The maximum atomic E-state index is 5.60. The van der Waals surface area contributed by atoms with Gasteiger partial charge >= 0.3 is 0 Å². The SMILES string of the molecule is CC(CN)CN(C)C1CCOCC1. The Balaban J connectivity index is 2.24. The van der Waals surface area contributed by atoms with Crippen LogP contribution in [0.3, 0.4) is 0 Å². The third-order valence-corrected chi connectivity index (χ3v) is 2.82. The van der Waals surface area contributed by atoms with Crippen LogP contribution >= 0.6 is 0 Å². The van der Waals surface area contributed by atoms with Crippen LogP contribution in [0.4, 0.5) is 0 Å². The largest absolute Gasteiger partial charge is 0.381 e. The molecule has 1 aliphatic rings. The highest BCUT2D eigenvalue weighted by Crippen LogP contribution is 2.13. The summed E-state index contributed by atoms with van der Waals surface area (Å²) in [4.78, 5) is 2.43. The Morgan fingerprint density at radius 3 is 2.62 bits per heavy atom. The molecule has 0 aromatic rings. The first kappa shape index (κ1) is 11.0. The molecule has 1 aliphatic heterocycles. The molecule has 1 fully saturated rings. The highest BCUT2D eigenvalue weighted by atomic mass is 16.5. The first-order valence-corrected chi connectivity index (χ1v) is 5.22. The van der Waals surface area contributed by atoms with Crippen LogP contribution in [0, 0.1) is 5.92 Å². The summed E-state index contributed by atoms with van der Waals surface area (Å²) >= 11 is 0. The van der Waals surface area contributed by atoms with Gasteiger partial charge in [0, 0.05) is 25.8 Å². The van der Waals surface area contributed by atoms with Crippen molar-refractivity contribution in [1.82, 2.24) is 4.90 Å². The first-order valence-electron chi connectivity index (χ1n) is 5.22. The maximum absolute atomic E-state index is 5.60. The first-order chi connectivity index (χ1) is 6.24. The molecule has 0 radical (unpaired) electrons. The smallest absolute Gasteiger partial charge is 0.0480 e. The standard InChI is InChI=1S/C10H22N2O/c1-9(7-11)8-12(2)10-3-5-13-6-4-10/h9-10H,3-8,11H2,1-2H3. The quantitative estimate of drug-likeness (QED) is 0.702. The molecule has 0 saturated carbocycles. The maximum Gasteiger partial charge on any atom is 0.0480 e. The zero-order valence-corrected chi connectivity index (χ0v) is 8.83. The van der Waals surface area contributed by atoms with E-state index in [1.165, 1.54) is 12.8 Å². The van der Waals surface area contributed by atoms with Gasteiger partial charge in [-0.05, 0) is 32.4 Å². The van der Waals surface area contributed by atoms with E-state index in [-0.39, 0.29) is 0 Å². The van der Waals surface area contributed by atoms with Gasteiger partial charge in [0.15, 0.2) is 0 Å². The summed E-state index contributed by atoms with van der Waals surface area (Å²) in [5.41, 5.74) is 5.60. The highest BCUT2D eigenvalue weighted by molar-refractivity contribution is 4.73. The summed E-state index contributed by atoms with van der Waals surface area (Å²) in [7, 11) is 2.20. The summed E-state index contributed by atoms with van der Waals surface area (Å²) in [5, 5.41) is 0. The zero-order chi connectivity index (χ0) is 9.68. The van der Waals surface area contributed by atoms with Crippen LogP contribution in [0.2, 0.25) is 0 Å². The molecule has 3 nitrogen and oxygen atoms in total. The molecular formula is C10H22N2O. The predicted octanol–water partition coefficient (Wildman–Crippen LogP) is 0.692. The molecule has 0 amide bonds. The summed E-state index contributed by atoms with van der Waals surface area (Å²) in [6, 6.07) is 0.711. The van der Waals surface area contributed by atoms with Crippen molar-refractivity contribution in [2.75, 3.05) is 33.4 Å². The molecule has 0 aromatic carbocycles. The number of nitrogens with two attached hydrogens (primary N) is 1. The van der Waals surface area contributed by atoms with Gasteiger partial charge in [-0.15, -0.1) is 0 Å². The number of ether oxygens (including phenoxy) is 1. The third-order valence-electron chi connectivity index (χ3n) is 2.82. The second-order valence-electron chi connectivity index (χ2n) is 4.12. The minimum absolute atomic E-state index is 0.604. The Kier molecular flexibility index (Phi) is 4.70. The van der Waals surface area contributed by atoms with E-state index in [1.807, 2.05) is 0 Å². The second-order valence-corrected chi connectivity index (χ2v) is 4.12. The lowest BCUT2D eigenvalue weighted by Gasteiger charge is -2.32. The molecule has 3 heteroatoms. The van der Waals surface area contributed by atoms with Gasteiger partial charge in [0.25, 0.3) is 0 Å². The van der Waals surface area contributed by atoms with Crippen LogP contribution in [0.5, 0.6) is 0 Å². The van der Waals surface area contributed by atoms with Gasteiger partial charge in [0.1, 0.15) is 0 Å². The van der Waals surface area contributed by atoms with E-state index >= 15 is 0 Å². The van der Waals surface area contributed by atoms with Crippen molar-refractivity contribution in [2.24, 2.45) is 11.7 Å². The molecule has 1 saturated heterocycles. The molecule has 1 heterocycles. The van der Waals surface area contributed by atoms with Gasteiger partial charge in [0.2, 0.25) is 0 Å². The molecule has 0 spiro atoms. The van der Waals surface area contributed by atoms with Crippen molar-refractivity contribution in [2.45, 2.75) is 25.8 Å². The average molecular weight is 186 g/mol. The topological polar surface area (TPSA) is 38.5 Å². The normalized spacial score (nSPS) is 22.2. The fourth-order valence-corrected chi connectivity index (χ4v) is 1.84. The van der Waals surface area contributed by atoms with Crippen molar-refractivity contribution in [3.8, 4) is 0 Å². The van der Waals surface area contributed by atoms with Gasteiger partial charge in [-0.2, -0.15) is 0 Å². The van der Waals surface area contributed by atoms with Crippen LogP contribution in [-0.2, 0) is 4.74 Å². The molecule has 1 rings (SSSR count). The minimum Gasteiger partial charge on any atom is -0.381 e. The van der Waals surface area contributed by atoms with Gasteiger partial charge in [-0.25, -0.2) is 0 Å². The Morgan fingerprint density at radius 1 is 1.46 bits per heavy atom. The molecule has 0 aliphatic carbocycles. The Hall–Kier alpha value is -0.120. The minimum atomic E-state index is 0.604. The Labute approximate surface area is 81.2 Å². The number of hydrogen-bond acceptors (Lipinski definition) is 3. The van der Waals surface area contributed by atoms with Crippen molar-refractivity contribution in [3.63, 3.8) is 0 Å². The van der Waals surface area contributed by atoms with Crippen LogP contribution < -0.4 is 5.73 Å². The van der Waals surface area contributed by atoms with Crippen LogP contribution in [-0.4, -0.2) is 44.3 Å². The Bertz CT molecular complexity index is 135. The summed E-state index contributed by atoms with van der Waals surface area (Å²) in [6.07, 6.45) is 2.35. The van der Waals surface area contributed by atoms with E-state index in [9.17, 15) is 0 Å². The van der Waals surface area contributed by atoms with Gasteiger partial charge in [-0.3, -0.25) is 0 Å². The lowest BCUT2D eigenvalue weighted by molar-refractivity contribution is 0.0394. The third kappa shape index (κ3) is 3.63. The predicted molar refractivity (Wildman–Crippen MR) is 54.7 cm³/mol. The molecule has 2 N–H and O–H groups in total. The van der Waals surface area contributed by atoms with E-state index in [0.717, 1.165) is 26.3 Å². The van der Waals surface area contributed by atoms with Crippen LogP contribution in [0.1, 0.15) is 19.8 Å². The van der Waals surface area contributed by atoms with E-state index in [1.54, 1.807) is 0 Å². The van der Waals surface area contributed by atoms with E-state index < -0.39 is 0 Å². The molecule has 1 unspecified atom stereocenters. The monoisotopic (exact) mass is 186 g/mol. The van der Waals surface area contributed by atoms with E-state index in [2.05, 4.69) is 18.9 Å². The molecular weight excluding hydrogens is 164 g/mol. The van der Waals surface area contributed by atoms with E-state index in [4.69, 9.17) is 10.5 Å². The molecule has 0 aromatic heterocycles. The lowest BCUT2D eigenvalue weighted by atomic mass is 10.1. The van der Waals surface area contributed by atoms with Gasteiger partial charge < -0.3 is 15.4 Å².